The van der Waals surface area contributed by atoms with Crippen molar-refractivity contribution in [1.82, 2.24) is 24.8 Å². The first-order chi connectivity index (χ1) is 16.3. The molecule has 0 spiro atoms. The summed E-state index contributed by atoms with van der Waals surface area (Å²) < 4.78 is 6.83. The molecule has 2 saturated heterocycles. The third kappa shape index (κ3) is 5.31. The normalized spacial score (nSPS) is 19.5. The first-order valence-corrected chi connectivity index (χ1v) is 11.9. The monoisotopic (exact) mass is 445 g/mol. The molecule has 0 aliphatic carbocycles. The molecule has 2 aliphatic rings. The highest BCUT2D eigenvalue weighted by Crippen LogP contribution is 2.23. The summed E-state index contributed by atoms with van der Waals surface area (Å²) in [5.41, 5.74) is 4.22. The molecule has 0 saturated carbocycles. The Kier molecular flexibility index (Phi) is 6.79. The molecule has 5 rings (SSSR count). The van der Waals surface area contributed by atoms with Crippen molar-refractivity contribution in [2.75, 3.05) is 32.8 Å². The van der Waals surface area contributed by atoms with Crippen LogP contribution in [0.2, 0.25) is 0 Å². The number of benzene rings is 2. The lowest BCUT2D eigenvalue weighted by atomic mass is 9.96. The van der Waals surface area contributed by atoms with Crippen LogP contribution >= 0.6 is 0 Å². The number of rotatable bonds is 5. The fraction of sp³-hybridized carbons (Fsp3) is 0.423. The summed E-state index contributed by atoms with van der Waals surface area (Å²) in [4.78, 5) is 17.7. The molecule has 3 aromatic rings. The molecular formula is C26H31N5O2. The van der Waals surface area contributed by atoms with Gasteiger partial charge in [-0.25, -0.2) is 4.79 Å². The highest BCUT2D eigenvalue weighted by molar-refractivity contribution is 5.77. The molecular weight excluding hydrogens is 414 g/mol. The molecule has 0 N–H and O–H groups in total. The predicted octanol–water partition coefficient (Wildman–Crippen LogP) is 3.84. The maximum atomic E-state index is 13.3. The molecule has 1 aromatic heterocycles. The van der Waals surface area contributed by atoms with Crippen LogP contribution in [0.3, 0.4) is 0 Å². The third-order valence-electron chi connectivity index (χ3n) is 6.64. The molecule has 0 bridgehead atoms. The van der Waals surface area contributed by atoms with Gasteiger partial charge in [-0.15, -0.1) is 5.10 Å². The van der Waals surface area contributed by atoms with E-state index >= 15 is 0 Å². The SMILES string of the molecule is O=C(N1CCCCC1Cc1ccccc1)n1cc(-c2ccc(CN3CCOCC3)cc2)nn1. The molecule has 7 nitrogen and oxygen atoms in total. The van der Waals surface area contributed by atoms with Crippen LogP contribution in [0, 0.1) is 0 Å². The standard InChI is InChI=1S/C26H31N5O2/c32-26(30-13-5-4-8-24(30)18-21-6-2-1-3-7-21)31-20-25(27-28-31)23-11-9-22(10-12-23)19-29-14-16-33-17-15-29/h1-3,6-7,9-12,20,24H,4-5,8,13-19H2. The van der Waals surface area contributed by atoms with Gasteiger partial charge in [0.25, 0.3) is 0 Å². The van der Waals surface area contributed by atoms with Gasteiger partial charge in [-0.1, -0.05) is 59.8 Å². The first kappa shape index (κ1) is 21.8. The number of carbonyl (C=O) groups excluding carboxylic acids is 1. The van der Waals surface area contributed by atoms with Gasteiger partial charge in [-0.3, -0.25) is 4.90 Å². The smallest absolute Gasteiger partial charge is 0.346 e. The Hall–Kier alpha value is -3.03. The number of hydrogen-bond donors (Lipinski definition) is 0. The van der Waals surface area contributed by atoms with Crippen molar-refractivity contribution in [1.29, 1.82) is 0 Å². The van der Waals surface area contributed by atoms with Crippen molar-refractivity contribution in [2.24, 2.45) is 0 Å². The van der Waals surface area contributed by atoms with Crippen LogP contribution in [0.5, 0.6) is 0 Å². The van der Waals surface area contributed by atoms with E-state index in [2.05, 4.69) is 63.7 Å². The van der Waals surface area contributed by atoms with Gasteiger partial charge in [-0.05, 0) is 36.8 Å². The number of carbonyl (C=O) groups is 1. The molecule has 2 fully saturated rings. The van der Waals surface area contributed by atoms with Crippen LogP contribution in [0.25, 0.3) is 11.3 Å². The second-order valence-corrected chi connectivity index (χ2v) is 8.95. The Morgan fingerprint density at radius 1 is 0.939 bits per heavy atom. The Bertz CT molecular complexity index is 1040. The summed E-state index contributed by atoms with van der Waals surface area (Å²) in [7, 11) is 0. The Labute approximate surface area is 195 Å². The van der Waals surface area contributed by atoms with Gasteiger partial charge >= 0.3 is 6.03 Å². The van der Waals surface area contributed by atoms with Crippen LogP contribution < -0.4 is 0 Å². The molecule has 3 heterocycles. The van der Waals surface area contributed by atoms with Gasteiger partial charge in [0.1, 0.15) is 5.69 Å². The van der Waals surface area contributed by atoms with Crippen molar-refractivity contribution in [2.45, 2.75) is 38.3 Å². The minimum absolute atomic E-state index is 0.0849. The lowest BCUT2D eigenvalue weighted by molar-refractivity contribution is 0.0342. The van der Waals surface area contributed by atoms with Crippen LogP contribution in [-0.4, -0.2) is 69.7 Å². The van der Waals surface area contributed by atoms with E-state index in [1.807, 2.05) is 11.0 Å². The van der Waals surface area contributed by atoms with Crippen molar-refractivity contribution in [3.8, 4) is 11.3 Å². The van der Waals surface area contributed by atoms with Gasteiger partial charge in [-0.2, -0.15) is 4.68 Å². The lowest BCUT2D eigenvalue weighted by Gasteiger charge is -2.35. The van der Waals surface area contributed by atoms with Crippen molar-refractivity contribution in [3.63, 3.8) is 0 Å². The van der Waals surface area contributed by atoms with Crippen molar-refractivity contribution in [3.05, 3.63) is 71.9 Å². The molecule has 1 atom stereocenters. The number of ether oxygens (including phenoxy) is 1. The summed E-state index contributed by atoms with van der Waals surface area (Å²) in [6.45, 7) is 5.24. The second kappa shape index (κ2) is 10.3. The number of amides is 1. The number of hydrogen-bond acceptors (Lipinski definition) is 5. The molecule has 33 heavy (non-hydrogen) atoms. The number of nitrogens with zero attached hydrogens (tertiary/aromatic N) is 5. The van der Waals surface area contributed by atoms with Gasteiger partial charge in [0, 0.05) is 37.8 Å². The first-order valence-electron chi connectivity index (χ1n) is 11.9. The van der Waals surface area contributed by atoms with E-state index in [1.54, 1.807) is 6.20 Å². The van der Waals surface area contributed by atoms with E-state index < -0.39 is 0 Å². The summed E-state index contributed by atoms with van der Waals surface area (Å²) in [5.74, 6) is 0. The highest BCUT2D eigenvalue weighted by Gasteiger charge is 2.28. The Morgan fingerprint density at radius 3 is 2.52 bits per heavy atom. The Morgan fingerprint density at radius 2 is 1.73 bits per heavy atom. The predicted molar refractivity (Wildman–Crippen MR) is 127 cm³/mol. The van der Waals surface area contributed by atoms with Crippen molar-refractivity contribution < 1.29 is 9.53 Å². The largest absolute Gasteiger partial charge is 0.379 e. The molecule has 0 radical (unpaired) electrons. The van der Waals surface area contributed by atoms with E-state index in [0.29, 0.717) is 0 Å². The van der Waals surface area contributed by atoms with Gasteiger partial charge in [0.05, 0.1) is 19.4 Å². The Balaban J connectivity index is 1.25. The quantitative estimate of drug-likeness (QED) is 0.597. The fourth-order valence-corrected chi connectivity index (χ4v) is 4.77. The topological polar surface area (TPSA) is 63.5 Å². The molecule has 2 aliphatic heterocycles. The maximum Gasteiger partial charge on any atom is 0.346 e. The van der Waals surface area contributed by atoms with Crippen LogP contribution in [-0.2, 0) is 17.7 Å². The molecule has 1 amide bonds. The fourth-order valence-electron chi connectivity index (χ4n) is 4.77. The zero-order valence-electron chi connectivity index (χ0n) is 19.0. The minimum atomic E-state index is -0.0849. The number of aromatic nitrogens is 3. The average molecular weight is 446 g/mol. The number of morpholine rings is 1. The third-order valence-corrected chi connectivity index (χ3v) is 6.64. The highest BCUT2D eigenvalue weighted by atomic mass is 16.5. The summed E-state index contributed by atoms with van der Waals surface area (Å²) >= 11 is 0. The molecule has 1 unspecified atom stereocenters. The van der Waals surface area contributed by atoms with Gasteiger partial charge < -0.3 is 9.64 Å². The van der Waals surface area contributed by atoms with Crippen molar-refractivity contribution >= 4 is 6.03 Å². The average Bonchev–Trinajstić information content (AvgIpc) is 3.36. The van der Waals surface area contributed by atoms with Gasteiger partial charge in [0.2, 0.25) is 0 Å². The number of likely N-dealkylation sites (tertiary alicyclic amines) is 1. The van der Waals surface area contributed by atoms with Crippen LogP contribution in [0.15, 0.2) is 60.8 Å². The molecule has 7 heteroatoms. The van der Waals surface area contributed by atoms with E-state index in [1.165, 1.54) is 15.8 Å². The van der Waals surface area contributed by atoms with Crippen LogP contribution in [0.1, 0.15) is 30.4 Å². The maximum absolute atomic E-state index is 13.3. The summed E-state index contributed by atoms with van der Waals surface area (Å²) in [6.07, 6.45) is 5.84. The zero-order chi connectivity index (χ0) is 22.5. The van der Waals surface area contributed by atoms with E-state index in [0.717, 1.165) is 76.3 Å². The number of piperidine rings is 1. The minimum Gasteiger partial charge on any atom is -0.379 e. The second-order valence-electron chi connectivity index (χ2n) is 8.95. The van der Waals surface area contributed by atoms with E-state index in [9.17, 15) is 4.79 Å². The lowest BCUT2D eigenvalue weighted by Crippen LogP contribution is -2.46. The van der Waals surface area contributed by atoms with E-state index in [4.69, 9.17) is 4.74 Å². The summed E-state index contributed by atoms with van der Waals surface area (Å²) in [6, 6.07) is 18.9. The zero-order valence-corrected chi connectivity index (χ0v) is 19.0. The summed E-state index contributed by atoms with van der Waals surface area (Å²) in [5, 5.41) is 8.47. The molecule has 172 valence electrons. The van der Waals surface area contributed by atoms with Crippen LogP contribution in [0.4, 0.5) is 4.79 Å². The molecule has 2 aromatic carbocycles. The van der Waals surface area contributed by atoms with Gasteiger partial charge in [0.15, 0.2) is 0 Å². The van der Waals surface area contributed by atoms with E-state index in [-0.39, 0.29) is 12.1 Å².